The van der Waals surface area contributed by atoms with Crippen LogP contribution in [-0.4, -0.2) is 15.5 Å². The van der Waals surface area contributed by atoms with Crippen LogP contribution in [0.15, 0.2) is 21.4 Å². The summed E-state index contributed by atoms with van der Waals surface area (Å²) < 4.78 is 5.82. The fourth-order valence-electron chi connectivity index (χ4n) is 1.54. The number of aliphatic hydroxyl groups excluding tert-OH is 1. The lowest BCUT2D eigenvalue weighted by atomic mass is 9.97. The largest absolute Gasteiger partial charge is 0.439 e. The van der Waals surface area contributed by atoms with Gasteiger partial charge in [0.2, 0.25) is 5.89 Å². The van der Waals surface area contributed by atoms with Crippen molar-refractivity contribution in [2.75, 3.05) is 0 Å². The van der Waals surface area contributed by atoms with Crippen molar-refractivity contribution in [3.8, 4) is 0 Å². The highest BCUT2D eigenvalue weighted by Gasteiger charge is 2.23. The molecule has 2 rings (SSSR count). The van der Waals surface area contributed by atoms with E-state index in [1.54, 1.807) is 13.0 Å². The summed E-state index contributed by atoms with van der Waals surface area (Å²) in [5.74, 6) is 0.673. The lowest BCUT2D eigenvalue weighted by molar-refractivity contribution is 0.284. The van der Waals surface area contributed by atoms with Crippen molar-refractivity contribution in [3.63, 3.8) is 0 Å². The first-order valence-corrected chi connectivity index (χ1v) is 6.99. The topological polar surface area (TPSA) is 46.3 Å². The maximum Gasteiger partial charge on any atom is 0.200 e. The fourth-order valence-corrected chi connectivity index (χ4v) is 2.60. The monoisotopic (exact) mass is 285 g/mol. The Labute approximate surface area is 116 Å². The molecule has 18 heavy (non-hydrogen) atoms. The third kappa shape index (κ3) is 2.66. The number of fused-ring (bicyclic) bond motifs is 1. The molecule has 0 saturated heterocycles. The minimum atomic E-state index is -0.545. The van der Waals surface area contributed by atoms with E-state index in [1.807, 2.05) is 26.8 Å². The first-order chi connectivity index (χ1) is 8.29. The number of nitrogens with zero attached hydrogens (tertiary/aromatic N) is 1. The molecule has 1 N–H and O–H groups in total. The number of benzene rings is 1. The summed E-state index contributed by atoms with van der Waals surface area (Å²) in [6, 6.07) is 3.62. The van der Waals surface area contributed by atoms with E-state index in [0.717, 1.165) is 10.4 Å². The van der Waals surface area contributed by atoms with Gasteiger partial charge < -0.3 is 9.52 Å². The number of aliphatic hydroxyl groups is 1. The molecule has 0 saturated carbocycles. The Morgan fingerprint density at radius 3 is 2.61 bits per heavy atom. The number of oxazole rings is 1. The second kappa shape index (κ2) is 4.76. The smallest absolute Gasteiger partial charge is 0.200 e. The van der Waals surface area contributed by atoms with Crippen LogP contribution in [0.4, 0.5) is 0 Å². The Hall–Kier alpha value is -0.710. The molecule has 0 aliphatic heterocycles. The summed E-state index contributed by atoms with van der Waals surface area (Å²) in [4.78, 5) is 5.22. The lowest BCUT2D eigenvalue weighted by Gasteiger charge is -2.12. The molecule has 1 heterocycles. The van der Waals surface area contributed by atoms with E-state index in [0.29, 0.717) is 16.5 Å². The van der Waals surface area contributed by atoms with Crippen molar-refractivity contribution in [1.29, 1.82) is 0 Å². The zero-order valence-corrected chi connectivity index (χ0v) is 12.4. The molecule has 0 amide bonds. The standard InChI is InChI=1S/C13H16ClNO2S/c1-7(16)18-11-8(14)5-6-9-10(11)17-12(15-9)13(2,3)4/h5-7,16H,1-4H3. The van der Waals surface area contributed by atoms with Gasteiger partial charge in [0, 0.05) is 5.41 Å². The number of aromatic nitrogens is 1. The third-order valence-electron chi connectivity index (χ3n) is 2.39. The van der Waals surface area contributed by atoms with Gasteiger partial charge in [-0.1, -0.05) is 44.1 Å². The van der Waals surface area contributed by atoms with Crippen LogP contribution in [0, 0.1) is 0 Å². The molecule has 0 spiro atoms. The van der Waals surface area contributed by atoms with E-state index >= 15 is 0 Å². The normalized spacial score (nSPS) is 14.1. The van der Waals surface area contributed by atoms with Gasteiger partial charge in [-0.25, -0.2) is 4.98 Å². The minimum Gasteiger partial charge on any atom is -0.439 e. The highest BCUT2D eigenvalue weighted by atomic mass is 35.5. The van der Waals surface area contributed by atoms with Crippen molar-refractivity contribution < 1.29 is 9.52 Å². The Bertz CT molecular complexity index is 572. The predicted molar refractivity (Wildman–Crippen MR) is 75.3 cm³/mol. The van der Waals surface area contributed by atoms with E-state index < -0.39 is 5.44 Å². The minimum absolute atomic E-state index is 0.155. The average Bonchev–Trinajstić information content (AvgIpc) is 2.65. The number of thioether (sulfide) groups is 1. The van der Waals surface area contributed by atoms with E-state index in [4.69, 9.17) is 16.0 Å². The molecule has 0 fully saturated rings. The number of rotatable bonds is 2. The first kappa shape index (κ1) is 13.7. The van der Waals surface area contributed by atoms with Crippen LogP contribution in [0.2, 0.25) is 5.02 Å². The van der Waals surface area contributed by atoms with Crippen molar-refractivity contribution in [2.24, 2.45) is 0 Å². The molecule has 5 heteroatoms. The summed E-state index contributed by atoms with van der Waals surface area (Å²) >= 11 is 7.42. The van der Waals surface area contributed by atoms with Gasteiger partial charge in [0.1, 0.15) is 11.0 Å². The molecular weight excluding hydrogens is 270 g/mol. The van der Waals surface area contributed by atoms with Gasteiger partial charge in [-0.2, -0.15) is 0 Å². The molecule has 2 aromatic rings. The van der Waals surface area contributed by atoms with E-state index in [9.17, 15) is 5.11 Å². The SMILES string of the molecule is CC(O)Sc1c(Cl)ccc2nc(C(C)(C)C)oc12. The van der Waals surface area contributed by atoms with Gasteiger partial charge in [-0.15, -0.1) is 0 Å². The number of hydrogen-bond acceptors (Lipinski definition) is 4. The molecule has 3 nitrogen and oxygen atoms in total. The van der Waals surface area contributed by atoms with Crippen molar-refractivity contribution in [3.05, 3.63) is 23.0 Å². The van der Waals surface area contributed by atoms with Crippen LogP contribution in [0.1, 0.15) is 33.6 Å². The maximum atomic E-state index is 9.50. The molecule has 1 aromatic heterocycles. The van der Waals surface area contributed by atoms with Crippen LogP contribution in [0.25, 0.3) is 11.1 Å². The van der Waals surface area contributed by atoms with Gasteiger partial charge in [0.15, 0.2) is 5.58 Å². The van der Waals surface area contributed by atoms with Gasteiger partial charge in [-0.05, 0) is 19.1 Å². The molecule has 0 bridgehead atoms. The fraction of sp³-hybridized carbons (Fsp3) is 0.462. The molecule has 1 atom stereocenters. The number of hydrogen-bond donors (Lipinski definition) is 1. The first-order valence-electron chi connectivity index (χ1n) is 5.73. The van der Waals surface area contributed by atoms with Gasteiger partial charge >= 0.3 is 0 Å². The Kier molecular flexibility index (Phi) is 3.63. The Morgan fingerprint density at radius 1 is 1.39 bits per heavy atom. The van der Waals surface area contributed by atoms with Crippen molar-refractivity contribution in [1.82, 2.24) is 4.98 Å². The zero-order valence-electron chi connectivity index (χ0n) is 10.8. The summed E-state index contributed by atoms with van der Waals surface area (Å²) in [5, 5.41) is 10.1. The Balaban J connectivity index is 2.61. The molecular formula is C13H16ClNO2S. The van der Waals surface area contributed by atoms with Gasteiger partial charge in [0.25, 0.3) is 0 Å². The molecule has 0 aliphatic carbocycles. The van der Waals surface area contributed by atoms with Gasteiger partial charge in [-0.3, -0.25) is 0 Å². The molecule has 98 valence electrons. The zero-order chi connectivity index (χ0) is 13.5. The van der Waals surface area contributed by atoms with Crippen LogP contribution in [0.3, 0.4) is 0 Å². The Morgan fingerprint density at radius 2 is 2.06 bits per heavy atom. The maximum absolute atomic E-state index is 9.50. The molecule has 1 unspecified atom stereocenters. The van der Waals surface area contributed by atoms with Gasteiger partial charge in [0.05, 0.1) is 9.92 Å². The number of halogens is 1. The third-order valence-corrected chi connectivity index (χ3v) is 3.80. The molecule has 0 aliphatic rings. The van der Waals surface area contributed by atoms with Crippen LogP contribution in [-0.2, 0) is 5.41 Å². The second-order valence-corrected chi connectivity index (χ2v) is 6.94. The highest BCUT2D eigenvalue weighted by Crippen LogP contribution is 2.38. The van der Waals surface area contributed by atoms with Crippen LogP contribution < -0.4 is 0 Å². The van der Waals surface area contributed by atoms with Crippen LogP contribution in [0.5, 0.6) is 0 Å². The average molecular weight is 286 g/mol. The van der Waals surface area contributed by atoms with E-state index in [1.165, 1.54) is 11.8 Å². The predicted octanol–water partition coefficient (Wildman–Crippen LogP) is 4.21. The van der Waals surface area contributed by atoms with Crippen LogP contribution >= 0.6 is 23.4 Å². The highest BCUT2D eigenvalue weighted by molar-refractivity contribution is 8.00. The van der Waals surface area contributed by atoms with Crippen molar-refractivity contribution in [2.45, 2.75) is 43.4 Å². The van der Waals surface area contributed by atoms with E-state index in [-0.39, 0.29) is 5.41 Å². The van der Waals surface area contributed by atoms with Crippen molar-refractivity contribution >= 4 is 34.5 Å². The lowest BCUT2D eigenvalue weighted by Crippen LogP contribution is -2.10. The second-order valence-electron chi connectivity index (χ2n) is 5.21. The van der Waals surface area contributed by atoms with E-state index in [2.05, 4.69) is 4.98 Å². The molecule has 0 radical (unpaired) electrons. The summed E-state index contributed by atoms with van der Waals surface area (Å²) in [6.07, 6.45) is 0. The summed E-state index contributed by atoms with van der Waals surface area (Å²) in [6.45, 7) is 7.82. The molecule has 1 aromatic carbocycles. The quantitative estimate of drug-likeness (QED) is 0.663. The summed E-state index contributed by atoms with van der Waals surface area (Å²) in [7, 11) is 0. The summed E-state index contributed by atoms with van der Waals surface area (Å²) in [5.41, 5.74) is 0.722.